The van der Waals surface area contributed by atoms with Gasteiger partial charge in [-0.1, -0.05) is 46.6 Å². The molecule has 0 atom stereocenters. The van der Waals surface area contributed by atoms with Gasteiger partial charge in [0, 0.05) is 0 Å². The molecule has 0 unspecified atom stereocenters. The molecule has 3 aromatic rings. The van der Waals surface area contributed by atoms with Gasteiger partial charge in [0.05, 0.1) is 21.2 Å². The molecule has 5 nitrogen and oxygen atoms in total. The molecule has 1 N–H and O–H groups in total. The lowest BCUT2D eigenvalue weighted by Gasteiger charge is -2.11. The van der Waals surface area contributed by atoms with Crippen LogP contribution in [0.1, 0.15) is 5.56 Å². The molecule has 1 amide bonds. The van der Waals surface area contributed by atoms with Gasteiger partial charge in [-0.25, -0.2) is 4.68 Å². The zero-order valence-corrected chi connectivity index (χ0v) is 13.2. The number of nitrogens with zero attached hydrogens (tertiary/aromatic N) is 3. The normalized spacial score (nSPS) is 10.9. The summed E-state index contributed by atoms with van der Waals surface area (Å²) in [6.45, 7) is 1.88. The van der Waals surface area contributed by atoms with Crippen LogP contribution in [0.2, 0.25) is 10.0 Å². The monoisotopic (exact) mass is 334 g/mol. The molecular weight excluding hydrogens is 323 g/mol. The number of hydrogen-bond acceptors (Lipinski definition) is 3. The van der Waals surface area contributed by atoms with E-state index in [2.05, 4.69) is 15.6 Å². The number of aryl methyl sites for hydroxylation is 1. The number of carbonyl (C=O) groups is 1. The van der Waals surface area contributed by atoms with E-state index in [0.717, 1.165) is 16.6 Å². The molecule has 0 bridgehead atoms. The van der Waals surface area contributed by atoms with E-state index in [0.29, 0.717) is 15.7 Å². The smallest absolute Gasteiger partial charge is 0.246 e. The molecule has 0 spiro atoms. The Morgan fingerprint density at radius 3 is 2.82 bits per heavy atom. The lowest BCUT2D eigenvalue weighted by atomic mass is 10.2. The van der Waals surface area contributed by atoms with Crippen LogP contribution in [0.15, 0.2) is 36.4 Å². The van der Waals surface area contributed by atoms with Gasteiger partial charge in [0.1, 0.15) is 12.1 Å². The van der Waals surface area contributed by atoms with Gasteiger partial charge in [-0.3, -0.25) is 4.79 Å². The third-order valence-corrected chi connectivity index (χ3v) is 4.06. The Hall–Kier alpha value is -2.11. The van der Waals surface area contributed by atoms with E-state index in [1.807, 2.05) is 31.2 Å². The maximum Gasteiger partial charge on any atom is 0.246 e. The zero-order chi connectivity index (χ0) is 15.7. The van der Waals surface area contributed by atoms with Crippen molar-refractivity contribution in [1.82, 2.24) is 15.0 Å². The van der Waals surface area contributed by atoms with Crippen LogP contribution in [0.5, 0.6) is 0 Å². The van der Waals surface area contributed by atoms with E-state index in [-0.39, 0.29) is 12.5 Å². The number of benzene rings is 2. The van der Waals surface area contributed by atoms with E-state index in [1.54, 1.807) is 12.1 Å². The van der Waals surface area contributed by atoms with E-state index in [4.69, 9.17) is 23.2 Å². The molecule has 0 aliphatic rings. The zero-order valence-electron chi connectivity index (χ0n) is 11.7. The highest BCUT2D eigenvalue weighted by Gasteiger charge is 2.13. The molecular formula is C15H12Cl2N4O. The summed E-state index contributed by atoms with van der Waals surface area (Å²) in [5.41, 5.74) is 2.78. The molecule has 0 aliphatic heterocycles. The second kappa shape index (κ2) is 5.94. The molecule has 0 radical (unpaired) electrons. The van der Waals surface area contributed by atoms with Crippen LogP contribution < -0.4 is 5.32 Å². The Kier molecular flexibility index (Phi) is 4.00. The largest absolute Gasteiger partial charge is 0.322 e. The van der Waals surface area contributed by atoms with Gasteiger partial charge in [0.15, 0.2) is 0 Å². The first-order valence-corrected chi connectivity index (χ1v) is 7.34. The summed E-state index contributed by atoms with van der Waals surface area (Å²) in [5, 5.41) is 11.5. The lowest BCUT2D eigenvalue weighted by molar-refractivity contribution is -0.116. The van der Waals surface area contributed by atoms with Crippen molar-refractivity contribution in [2.75, 3.05) is 5.32 Å². The summed E-state index contributed by atoms with van der Waals surface area (Å²) in [7, 11) is 0. The van der Waals surface area contributed by atoms with Crippen LogP contribution in [0.25, 0.3) is 11.0 Å². The molecule has 1 heterocycles. The quantitative estimate of drug-likeness (QED) is 0.794. The highest BCUT2D eigenvalue weighted by atomic mass is 35.5. The Bertz CT molecular complexity index is 860. The van der Waals surface area contributed by atoms with E-state index < -0.39 is 0 Å². The van der Waals surface area contributed by atoms with Crippen LogP contribution in [0.4, 0.5) is 5.69 Å². The first-order chi connectivity index (χ1) is 10.6. The van der Waals surface area contributed by atoms with Crippen molar-refractivity contribution in [3.05, 3.63) is 52.0 Å². The van der Waals surface area contributed by atoms with Gasteiger partial charge >= 0.3 is 0 Å². The van der Waals surface area contributed by atoms with E-state index in [9.17, 15) is 4.79 Å². The Morgan fingerprint density at radius 2 is 2.00 bits per heavy atom. The fraction of sp³-hybridized carbons (Fsp3) is 0.133. The lowest BCUT2D eigenvalue weighted by Crippen LogP contribution is -2.20. The van der Waals surface area contributed by atoms with Crippen LogP contribution >= 0.6 is 23.2 Å². The number of rotatable bonds is 3. The Balaban J connectivity index is 1.83. The summed E-state index contributed by atoms with van der Waals surface area (Å²) < 4.78 is 1.53. The highest BCUT2D eigenvalue weighted by molar-refractivity contribution is 6.40. The van der Waals surface area contributed by atoms with Gasteiger partial charge in [0.2, 0.25) is 5.91 Å². The molecule has 0 saturated heterocycles. The summed E-state index contributed by atoms with van der Waals surface area (Å²) in [6, 6.07) is 10.9. The summed E-state index contributed by atoms with van der Waals surface area (Å²) in [6.07, 6.45) is 0. The molecule has 3 rings (SSSR count). The van der Waals surface area contributed by atoms with E-state index in [1.165, 1.54) is 4.68 Å². The summed E-state index contributed by atoms with van der Waals surface area (Å²) in [4.78, 5) is 12.2. The van der Waals surface area contributed by atoms with Gasteiger partial charge < -0.3 is 5.32 Å². The minimum atomic E-state index is -0.273. The molecule has 7 heteroatoms. The molecule has 22 heavy (non-hydrogen) atoms. The average Bonchev–Trinajstić information content (AvgIpc) is 2.91. The number of carbonyl (C=O) groups excluding carboxylic acids is 1. The van der Waals surface area contributed by atoms with Crippen LogP contribution in [0, 0.1) is 6.92 Å². The van der Waals surface area contributed by atoms with E-state index >= 15 is 0 Å². The van der Waals surface area contributed by atoms with Crippen molar-refractivity contribution in [2.24, 2.45) is 0 Å². The van der Waals surface area contributed by atoms with Gasteiger partial charge in [-0.2, -0.15) is 0 Å². The standard InChI is InChI=1S/C15H12Cl2N4O/c1-9-6-7-10(16)15(14(9)17)18-13(22)8-21-12-5-3-2-4-11(12)19-20-21/h2-7H,8H2,1H3,(H,18,22). The summed E-state index contributed by atoms with van der Waals surface area (Å²) >= 11 is 12.3. The first kappa shape index (κ1) is 14.8. The second-order valence-corrected chi connectivity index (χ2v) is 5.62. The number of fused-ring (bicyclic) bond motifs is 1. The molecule has 0 saturated carbocycles. The third-order valence-electron chi connectivity index (χ3n) is 3.26. The number of amides is 1. The van der Waals surface area contributed by atoms with Crippen molar-refractivity contribution in [1.29, 1.82) is 0 Å². The van der Waals surface area contributed by atoms with Crippen molar-refractivity contribution in [2.45, 2.75) is 13.5 Å². The number of halogens is 2. The average molecular weight is 335 g/mol. The van der Waals surface area contributed by atoms with Gasteiger partial charge in [-0.15, -0.1) is 5.10 Å². The first-order valence-electron chi connectivity index (χ1n) is 6.59. The molecule has 1 aromatic heterocycles. The summed E-state index contributed by atoms with van der Waals surface area (Å²) in [5.74, 6) is -0.273. The maximum atomic E-state index is 12.2. The fourth-order valence-corrected chi connectivity index (χ4v) is 2.59. The topological polar surface area (TPSA) is 59.8 Å². The SMILES string of the molecule is Cc1ccc(Cl)c(NC(=O)Cn2nnc3ccccc32)c1Cl. The number of para-hydroxylation sites is 1. The Labute approximate surface area is 136 Å². The molecule has 112 valence electrons. The molecule has 0 aliphatic carbocycles. The maximum absolute atomic E-state index is 12.2. The molecule has 0 fully saturated rings. The van der Waals surface area contributed by atoms with Gasteiger partial charge in [0.25, 0.3) is 0 Å². The minimum absolute atomic E-state index is 0.0289. The predicted octanol–water partition coefficient (Wildman–Crippen LogP) is 3.69. The van der Waals surface area contributed by atoms with Crippen molar-refractivity contribution in [3.8, 4) is 0 Å². The van der Waals surface area contributed by atoms with Crippen molar-refractivity contribution >= 4 is 45.8 Å². The second-order valence-electron chi connectivity index (χ2n) is 4.84. The molecule has 2 aromatic carbocycles. The van der Waals surface area contributed by atoms with Crippen molar-refractivity contribution < 1.29 is 4.79 Å². The Morgan fingerprint density at radius 1 is 1.23 bits per heavy atom. The number of nitrogens with one attached hydrogen (secondary N) is 1. The van der Waals surface area contributed by atoms with Crippen LogP contribution in [-0.2, 0) is 11.3 Å². The number of anilines is 1. The van der Waals surface area contributed by atoms with Crippen LogP contribution in [-0.4, -0.2) is 20.9 Å². The van der Waals surface area contributed by atoms with Crippen LogP contribution in [0.3, 0.4) is 0 Å². The number of aromatic nitrogens is 3. The highest BCUT2D eigenvalue weighted by Crippen LogP contribution is 2.32. The minimum Gasteiger partial charge on any atom is -0.322 e. The van der Waals surface area contributed by atoms with Gasteiger partial charge in [-0.05, 0) is 30.7 Å². The van der Waals surface area contributed by atoms with Crippen molar-refractivity contribution in [3.63, 3.8) is 0 Å². The fourth-order valence-electron chi connectivity index (χ4n) is 2.12. The number of hydrogen-bond donors (Lipinski definition) is 1. The third kappa shape index (κ3) is 2.77. The predicted molar refractivity (Wildman–Crippen MR) is 87.4 cm³/mol.